The van der Waals surface area contributed by atoms with Gasteiger partial charge in [0.25, 0.3) is 5.91 Å². The average molecular weight is 366 g/mol. The lowest BCUT2D eigenvalue weighted by Crippen LogP contribution is -2.41. The minimum atomic E-state index is -0.0508. The van der Waals surface area contributed by atoms with Gasteiger partial charge in [0.1, 0.15) is 5.01 Å². The Balaban J connectivity index is 1.33. The first-order valence-electron chi connectivity index (χ1n) is 8.21. The third-order valence-electron chi connectivity index (χ3n) is 5.38. The molecular weight excluding hydrogens is 346 g/mol. The van der Waals surface area contributed by atoms with Crippen LogP contribution in [0.4, 0.5) is 0 Å². The number of likely N-dealkylation sites (tertiary alicyclic amines) is 1. The first-order valence-corrected chi connectivity index (χ1v) is 9.46. The number of piperidine rings is 1. The molecule has 3 heterocycles. The summed E-state index contributed by atoms with van der Waals surface area (Å²) in [5.74, 6) is 0.286. The summed E-state index contributed by atoms with van der Waals surface area (Å²) in [5, 5.41) is 3.45. The van der Waals surface area contributed by atoms with Crippen molar-refractivity contribution in [3.8, 4) is 0 Å². The van der Waals surface area contributed by atoms with Crippen LogP contribution in [0.5, 0.6) is 0 Å². The maximum atomic E-state index is 12.4. The maximum Gasteiger partial charge on any atom is 0.289 e. The molecule has 2 aliphatic rings. The fourth-order valence-electron chi connectivity index (χ4n) is 3.88. The van der Waals surface area contributed by atoms with Gasteiger partial charge in [0.05, 0.1) is 6.54 Å². The van der Waals surface area contributed by atoms with Crippen LogP contribution in [0.2, 0.25) is 5.22 Å². The second kappa shape index (κ2) is 6.17. The number of halogens is 1. The van der Waals surface area contributed by atoms with E-state index in [1.54, 1.807) is 23.5 Å². The molecule has 1 saturated carbocycles. The smallest absolute Gasteiger partial charge is 0.289 e. The molecule has 4 rings (SSSR count). The van der Waals surface area contributed by atoms with E-state index in [-0.39, 0.29) is 11.1 Å². The summed E-state index contributed by atoms with van der Waals surface area (Å²) in [7, 11) is 2.18. The number of rotatable bonds is 4. The SMILES string of the molecule is CN(Cc1nccs1)[C@H]1CC12CCN(C(=O)c1ccc(Cl)o1)CC2. The number of nitrogens with zero attached hydrogens (tertiary/aromatic N) is 3. The van der Waals surface area contributed by atoms with Gasteiger partial charge in [-0.05, 0) is 55.5 Å². The van der Waals surface area contributed by atoms with Crippen molar-refractivity contribution in [1.82, 2.24) is 14.8 Å². The van der Waals surface area contributed by atoms with Gasteiger partial charge in [0.15, 0.2) is 11.0 Å². The number of carbonyl (C=O) groups is 1. The summed E-state index contributed by atoms with van der Waals surface area (Å²) < 4.78 is 5.24. The predicted octanol–water partition coefficient (Wildman–Crippen LogP) is 3.52. The third-order valence-corrected chi connectivity index (χ3v) is 6.34. The standard InChI is InChI=1S/C17H20ClN3O2S/c1-20(11-15-19-6-9-24-15)13-10-17(13)4-7-21(8-5-17)16(22)12-2-3-14(18)23-12/h2-3,6,9,13H,4-5,7-8,10-11H2,1H3/t13-/m0/s1. The van der Waals surface area contributed by atoms with Crippen LogP contribution in [0.25, 0.3) is 0 Å². The Labute approximate surface area is 150 Å². The molecule has 1 saturated heterocycles. The van der Waals surface area contributed by atoms with Crippen LogP contribution in [0.3, 0.4) is 0 Å². The molecule has 1 spiro atoms. The van der Waals surface area contributed by atoms with E-state index in [4.69, 9.17) is 16.0 Å². The Morgan fingerprint density at radius 1 is 1.50 bits per heavy atom. The molecule has 2 aromatic rings. The van der Waals surface area contributed by atoms with Crippen LogP contribution >= 0.6 is 22.9 Å². The summed E-state index contributed by atoms with van der Waals surface area (Å²) in [6, 6.07) is 3.87. The number of aromatic nitrogens is 1. The van der Waals surface area contributed by atoms with Crippen molar-refractivity contribution in [2.75, 3.05) is 20.1 Å². The van der Waals surface area contributed by atoms with Crippen molar-refractivity contribution >= 4 is 28.8 Å². The van der Waals surface area contributed by atoms with Gasteiger partial charge in [-0.15, -0.1) is 11.3 Å². The molecule has 2 aromatic heterocycles. The van der Waals surface area contributed by atoms with Crippen LogP contribution in [0, 0.1) is 5.41 Å². The van der Waals surface area contributed by atoms with Gasteiger partial charge in [-0.25, -0.2) is 4.98 Å². The molecular formula is C17H20ClN3O2S. The highest BCUT2D eigenvalue weighted by Gasteiger charge is 2.56. The molecule has 0 bridgehead atoms. The lowest BCUT2D eigenvalue weighted by molar-refractivity contribution is 0.0626. The Morgan fingerprint density at radius 2 is 2.29 bits per heavy atom. The van der Waals surface area contributed by atoms with E-state index < -0.39 is 0 Å². The molecule has 1 amide bonds. The summed E-state index contributed by atoms with van der Waals surface area (Å²) in [6.07, 6.45) is 5.20. The number of amides is 1. The average Bonchev–Trinajstić information content (AvgIpc) is 2.95. The topological polar surface area (TPSA) is 49.6 Å². The minimum absolute atomic E-state index is 0.0508. The molecule has 0 N–H and O–H groups in total. The van der Waals surface area contributed by atoms with Crippen LogP contribution < -0.4 is 0 Å². The Kier molecular flexibility index (Phi) is 4.14. The van der Waals surface area contributed by atoms with Crippen LogP contribution in [0.1, 0.15) is 34.8 Å². The lowest BCUT2D eigenvalue weighted by atomic mass is 9.92. The summed E-state index contributed by atoms with van der Waals surface area (Å²) >= 11 is 7.47. The Hall–Kier alpha value is -1.37. The summed E-state index contributed by atoms with van der Waals surface area (Å²) in [6.45, 7) is 2.50. The predicted molar refractivity (Wildman–Crippen MR) is 93.3 cm³/mol. The first-order chi connectivity index (χ1) is 11.6. The van der Waals surface area contributed by atoms with E-state index in [9.17, 15) is 4.79 Å². The van der Waals surface area contributed by atoms with E-state index in [0.717, 1.165) is 32.5 Å². The molecule has 128 valence electrons. The summed E-state index contributed by atoms with van der Waals surface area (Å²) in [5.41, 5.74) is 0.379. The van der Waals surface area contributed by atoms with Gasteiger partial charge in [-0.2, -0.15) is 0 Å². The molecule has 7 heteroatoms. The maximum absolute atomic E-state index is 12.4. The van der Waals surface area contributed by atoms with Crippen molar-refractivity contribution in [1.29, 1.82) is 0 Å². The quantitative estimate of drug-likeness (QED) is 0.831. The first kappa shape index (κ1) is 16.1. The molecule has 1 atom stereocenters. The number of furan rings is 1. The number of hydrogen-bond donors (Lipinski definition) is 0. The fourth-order valence-corrected chi connectivity index (χ4v) is 4.71. The van der Waals surface area contributed by atoms with Crippen molar-refractivity contribution in [3.63, 3.8) is 0 Å². The highest BCUT2D eigenvalue weighted by molar-refractivity contribution is 7.09. The Bertz CT molecular complexity index is 722. The second-order valence-electron chi connectivity index (χ2n) is 6.82. The highest BCUT2D eigenvalue weighted by atomic mass is 35.5. The van der Waals surface area contributed by atoms with Gasteiger partial charge in [-0.1, -0.05) is 0 Å². The zero-order chi connectivity index (χ0) is 16.7. The second-order valence-corrected chi connectivity index (χ2v) is 8.17. The molecule has 0 aromatic carbocycles. The normalized spacial score (nSPS) is 22.3. The molecule has 24 heavy (non-hydrogen) atoms. The third kappa shape index (κ3) is 2.98. The van der Waals surface area contributed by atoms with Crippen molar-refractivity contribution in [3.05, 3.63) is 39.7 Å². The van der Waals surface area contributed by atoms with Crippen molar-refractivity contribution < 1.29 is 9.21 Å². The molecule has 0 unspecified atom stereocenters. The molecule has 5 nitrogen and oxygen atoms in total. The fraction of sp³-hybridized carbons (Fsp3) is 0.529. The van der Waals surface area contributed by atoms with Gasteiger partial charge >= 0.3 is 0 Å². The zero-order valence-corrected chi connectivity index (χ0v) is 15.1. The van der Waals surface area contributed by atoms with E-state index >= 15 is 0 Å². The van der Waals surface area contributed by atoms with Gasteiger partial charge in [0.2, 0.25) is 0 Å². The monoisotopic (exact) mass is 365 g/mol. The molecule has 0 radical (unpaired) electrons. The van der Waals surface area contributed by atoms with Gasteiger partial charge in [-0.3, -0.25) is 9.69 Å². The van der Waals surface area contributed by atoms with Crippen LogP contribution in [-0.2, 0) is 6.54 Å². The molecule has 1 aliphatic heterocycles. The zero-order valence-electron chi connectivity index (χ0n) is 13.6. The van der Waals surface area contributed by atoms with Crippen LogP contribution in [0.15, 0.2) is 28.1 Å². The van der Waals surface area contributed by atoms with E-state index in [2.05, 4.69) is 16.9 Å². The van der Waals surface area contributed by atoms with E-state index in [0.29, 0.717) is 17.2 Å². The summed E-state index contributed by atoms with van der Waals surface area (Å²) in [4.78, 5) is 21.1. The van der Waals surface area contributed by atoms with Crippen molar-refractivity contribution in [2.24, 2.45) is 5.41 Å². The number of thiazole rings is 1. The van der Waals surface area contributed by atoms with Gasteiger partial charge < -0.3 is 9.32 Å². The van der Waals surface area contributed by atoms with Gasteiger partial charge in [0, 0.05) is 30.7 Å². The molecule has 2 fully saturated rings. The highest BCUT2D eigenvalue weighted by Crippen LogP contribution is 2.56. The Morgan fingerprint density at radius 3 is 2.92 bits per heavy atom. The number of carbonyl (C=O) groups excluding carboxylic acids is 1. The van der Waals surface area contributed by atoms with E-state index in [1.807, 2.05) is 16.5 Å². The van der Waals surface area contributed by atoms with E-state index in [1.165, 1.54) is 11.4 Å². The minimum Gasteiger partial charge on any atom is -0.440 e. The van der Waals surface area contributed by atoms with Crippen molar-refractivity contribution in [2.45, 2.75) is 31.8 Å². The molecule has 1 aliphatic carbocycles. The van der Waals surface area contributed by atoms with Crippen LogP contribution in [-0.4, -0.2) is 46.9 Å². The lowest BCUT2D eigenvalue weighted by Gasteiger charge is -2.33. The number of hydrogen-bond acceptors (Lipinski definition) is 5. The largest absolute Gasteiger partial charge is 0.440 e.